The van der Waals surface area contributed by atoms with Crippen molar-refractivity contribution < 1.29 is 13.2 Å². The van der Waals surface area contributed by atoms with E-state index in [4.69, 9.17) is 11.6 Å². The quantitative estimate of drug-likeness (QED) is 0.752. The van der Waals surface area contributed by atoms with Gasteiger partial charge < -0.3 is 10.6 Å². The van der Waals surface area contributed by atoms with Gasteiger partial charge in [-0.2, -0.15) is 0 Å². The second kappa shape index (κ2) is 7.77. The van der Waals surface area contributed by atoms with Gasteiger partial charge in [-0.25, -0.2) is 8.42 Å². The second-order valence-electron chi connectivity index (χ2n) is 5.17. The Morgan fingerprint density at radius 3 is 2.57 bits per heavy atom. The van der Waals surface area contributed by atoms with Crippen molar-refractivity contribution in [1.82, 2.24) is 5.32 Å². The van der Waals surface area contributed by atoms with Gasteiger partial charge in [-0.1, -0.05) is 25.4 Å². The molecular weight excluding hydrogens is 312 g/mol. The van der Waals surface area contributed by atoms with Gasteiger partial charge in [-0.3, -0.25) is 4.79 Å². The summed E-state index contributed by atoms with van der Waals surface area (Å²) in [5, 5.41) is 6.18. The number of sulfone groups is 1. The number of rotatable bonds is 7. The minimum Gasteiger partial charge on any atom is -0.325 e. The molecule has 0 aliphatic heterocycles. The van der Waals surface area contributed by atoms with Gasteiger partial charge >= 0.3 is 0 Å². The first-order valence-corrected chi connectivity index (χ1v) is 9.00. The first-order chi connectivity index (χ1) is 9.70. The zero-order valence-electron chi connectivity index (χ0n) is 12.4. The van der Waals surface area contributed by atoms with Crippen molar-refractivity contribution in [2.45, 2.75) is 37.6 Å². The summed E-state index contributed by atoms with van der Waals surface area (Å²) in [6, 6.07) is 4.64. The number of carbonyl (C=O) groups is 1. The molecule has 0 aliphatic rings. The van der Waals surface area contributed by atoms with Crippen molar-refractivity contribution in [3.05, 3.63) is 23.2 Å². The Morgan fingerprint density at radius 1 is 1.33 bits per heavy atom. The van der Waals surface area contributed by atoms with E-state index in [-0.39, 0.29) is 10.8 Å². The largest absolute Gasteiger partial charge is 0.325 e. The van der Waals surface area contributed by atoms with Crippen LogP contribution < -0.4 is 10.6 Å². The monoisotopic (exact) mass is 332 g/mol. The molecule has 0 aromatic heterocycles. The van der Waals surface area contributed by atoms with Crippen LogP contribution >= 0.6 is 11.6 Å². The van der Waals surface area contributed by atoms with Gasteiger partial charge in [0.1, 0.15) is 0 Å². The molecule has 0 heterocycles. The molecule has 0 saturated carbocycles. The molecule has 0 unspecified atom stereocenters. The van der Waals surface area contributed by atoms with E-state index in [0.717, 1.165) is 12.8 Å². The summed E-state index contributed by atoms with van der Waals surface area (Å²) >= 11 is 5.97. The van der Waals surface area contributed by atoms with Crippen LogP contribution in [0, 0.1) is 0 Å². The Kier molecular flexibility index (Phi) is 6.64. The fourth-order valence-electron chi connectivity index (χ4n) is 1.68. The number of amides is 1. The molecule has 0 bridgehead atoms. The number of nitrogens with one attached hydrogen (secondary N) is 2. The summed E-state index contributed by atoms with van der Waals surface area (Å²) in [7, 11) is -3.33. The predicted octanol–water partition coefficient (Wildman–Crippen LogP) is 2.46. The molecule has 1 rings (SSSR count). The van der Waals surface area contributed by atoms with Crippen LogP contribution in [-0.4, -0.2) is 33.2 Å². The fraction of sp³-hybridized carbons (Fsp3) is 0.500. The Bertz CT molecular complexity index is 600. The van der Waals surface area contributed by atoms with Gasteiger partial charge in [-0.05, 0) is 31.2 Å². The number of carbonyl (C=O) groups excluding carboxylic acids is 1. The van der Waals surface area contributed by atoms with E-state index in [0.29, 0.717) is 29.6 Å². The average molecular weight is 333 g/mol. The van der Waals surface area contributed by atoms with Gasteiger partial charge in [0.2, 0.25) is 5.91 Å². The van der Waals surface area contributed by atoms with Crippen LogP contribution in [0.3, 0.4) is 0 Å². The predicted molar refractivity (Wildman–Crippen MR) is 85.6 cm³/mol. The van der Waals surface area contributed by atoms with Gasteiger partial charge in [0.15, 0.2) is 9.84 Å². The van der Waals surface area contributed by atoms with E-state index in [1.807, 2.05) is 13.8 Å². The Labute approximate surface area is 131 Å². The van der Waals surface area contributed by atoms with E-state index in [1.54, 1.807) is 0 Å². The van der Waals surface area contributed by atoms with Crippen LogP contribution in [0.15, 0.2) is 23.1 Å². The summed E-state index contributed by atoms with van der Waals surface area (Å²) in [6.45, 7) is 4.83. The zero-order chi connectivity index (χ0) is 16.0. The Hall–Kier alpha value is -1.11. The van der Waals surface area contributed by atoms with Crippen molar-refractivity contribution in [1.29, 1.82) is 0 Å². The van der Waals surface area contributed by atoms with Crippen molar-refractivity contribution in [3.63, 3.8) is 0 Å². The first-order valence-electron chi connectivity index (χ1n) is 6.73. The molecule has 1 aromatic rings. The molecule has 5 nitrogen and oxygen atoms in total. The molecule has 0 atom stereocenters. The molecule has 1 amide bonds. The van der Waals surface area contributed by atoms with Crippen LogP contribution in [0.2, 0.25) is 5.02 Å². The second-order valence-corrected chi connectivity index (χ2v) is 7.60. The van der Waals surface area contributed by atoms with Crippen molar-refractivity contribution in [2.24, 2.45) is 0 Å². The smallest absolute Gasteiger partial charge is 0.224 e. The molecule has 0 radical (unpaired) electrons. The summed E-state index contributed by atoms with van der Waals surface area (Å²) in [5.41, 5.74) is 0.321. The summed E-state index contributed by atoms with van der Waals surface area (Å²) < 4.78 is 23.0. The molecular formula is C14H21ClN2O3S. The van der Waals surface area contributed by atoms with E-state index < -0.39 is 9.84 Å². The lowest BCUT2D eigenvalue weighted by Gasteiger charge is -2.10. The van der Waals surface area contributed by atoms with Crippen molar-refractivity contribution >= 4 is 33.0 Å². The zero-order valence-corrected chi connectivity index (χ0v) is 14.0. The van der Waals surface area contributed by atoms with E-state index in [9.17, 15) is 13.2 Å². The van der Waals surface area contributed by atoms with Crippen LogP contribution in [-0.2, 0) is 14.6 Å². The highest BCUT2D eigenvalue weighted by atomic mass is 35.5. The van der Waals surface area contributed by atoms with Gasteiger partial charge in [-0.15, -0.1) is 0 Å². The van der Waals surface area contributed by atoms with E-state index in [2.05, 4.69) is 10.6 Å². The number of anilines is 1. The molecule has 21 heavy (non-hydrogen) atoms. The third-order valence-corrected chi connectivity index (χ3v) is 4.21. The molecule has 118 valence electrons. The molecule has 0 aliphatic carbocycles. The molecule has 7 heteroatoms. The van der Waals surface area contributed by atoms with Crippen LogP contribution in [0.4, 0.5) is 5.69 Å². The van der Waals surface area contributed by atoms with Crippen LogP contribution in [0.1, 0.15) is 26.7 Å². The maximum Gasteiger partial charge on any atom is 0.224 e. The van der Waals surface area contributed by atoms with E-state index >= 15 is 0 Å². The molecule has 0 saturated heterocycles. The Balaban J connectivity index is 2.64. The number of hydrogen-bond acceptors (Lipinski definition) is 4. The molecule has 1 aromatic carbocycles. The number of hydrogen-bond donors (Lipinski definition) is 2. The molecule has 0 spiro atoms. The van der Waals surface area contributed by atoms with E-state index in [1.165, 1.54) is 18.2 Å². The van der Waals surface area contributed by atoms with Crippen molar-refractivity contribution in [2.75, 3.05) is 18.1 Å². The SMILES string of the molecule is CC(C)NCCCC(=O)Nc1cc(S(C)(=O)=O)ccc1Cl. The standard InChI is InChI=1S/C14H21ClN2O3S/c1-10(2)16-8-4-5-14(18)17-13-9-11(21(3,19)20)6-7-12(13)15/h6-7,9-10,16H,4-5,8H2,1-3H3,(H,17,18). The highest BCUT2D eigenvalue weighted by molar-refractivity contribution is 7.90. The van der Waals surface area contributed by atoms with Crippen LogP contribution in [0.5, 0.6) is 0 Å². The summed E-state index contributed by atoms with van der Waals surface area (Å²) in [4.78, 5) is 12.0. The van der Waals surface area contributed by atoms with Gasteiger partial charge in [0, 0.05) is 18.7 Å². The lowest BCUT2D eigenvalue weighted by molar-refractivity contribution is -0.116. The minimum atomic E-state index is -3.33. The average Bonchev–Trinajstić information content (AvgIpc) is 2.36. The third kappa shape index (κ3) is 6.46. The maximum atomic E-state index is 11.8. The van der Waals surface area contributed by atoms with Crippen molar-refractivity contribution in [3.8, 4) is 0 Å². The highest BCUT2D eigenvalue weighted by Gasteiger charge is 2.12. The first kappa shape index (κ1) is 17.9. The third-order valence-electron chi connectivity index (χ3n) is 2.77. The van der Waals surface area contributed by atoms with Crippen LogP contribution in [0.25, 0.3) is 0 Å². The lowest BCUT2D eigenvalue weighted by Crippen LogP contribution is -2.24. The fourth-order valence-corrected chi connectivity index (χ4v) is 2.50. The maximum absolute atomic E-state index is 11.8. The lowest BCUT2D eigenvalue weighted by atomic mass is 10.2. The highest BCUT2D eigenvalue weighted by Crippen LogP contribution is 2.25. The normalized spacial score (nSPS) is 11.7. The molecule has 2 N–H and O–H groups in total. The summed E-state index contributed by atoms with van der Waals surface area (Å²) in [6.07, 6.45) is 2.16. The molecule has 0 fully saturated rings. The van der Waals surface area contributed by atoms with Gasteiger partial charge in [0.05, 0.1) is 15.6 Å². The number of benzene rings is 1. The summed E-state index contributed by atoms with van der Waals surface area (Å²) in [5.74, 6) is -0.187. The van der Waals surface area contributed by atoms with Gasteiger partial charge in [0.25, 0.3) is 0 Å². The Morgan fingerprint density at radius 2 is 2.00 bits per heavy atom. The number of halogens is 1. The topological polar surface area (TPSA) is 75.3 Å². The minimum absolute atomic E-state index is 0.128.